The van der Waals surface area contributed by atoms with E-state index in [4.69, 9.17) is 18.9 Å². The van der Waals surface area contributed by atoms with Gasteiger partial charge in [-0.15, -0.1) is 14.6 Å². The summed E-state index contributed by atoms with van der Waals surface area (Å²) in [6.07, 6.45) is 13.4. The van der Waals surface area contributed by atoms with E-state index in [0.29, 0.717) is 68.8 Å². The highest BCUT2D eigenvalue weighted by atomic mass is 32.2. The van der Waals surface area contributed by atoms with Gasteiger partial charge in [0, 0.05) is 86.6 Å². The average Bonchev–Trinajstić information content (AvgIpc) is 4.02. The van der Waals surface area contributed by atoms with Gasteiger partial charge in [-0.3, -0.25) is 19.1 Å². The van der Waals surface area contributed by atoms with Crippen LogP contribution in [0.2, 0.25) is 0 Å². The number of aryl methyl sites for hydroxylation is 5. The number of ether oxygens (including phenoxy) is 4. The summed E-state index contributed by atoms with van der Waals surface area (Å²) >= 11 is 0. The first-order chi connectivity index (χ1) is 36.2. The zero-order chi connectivity index (χ0) is 55.2. The molecule has 4 atom stereocenters. The molecule has 0 aliphatic carbocycles. The highest BCUT2D eigenvalue weighted by Gasteiger charge is 2.37. The van der Waals surface area contributed by atoms with Crippen LogP contribution in [0.4, 0.5) is 5.95 Å². The third kappa shape index (κ3) is 11.4. The summed E-state index contributed by atoms with van der Waals surface area (Å²) in [4.78, 5) is 25.9. The summed E-state index contributed by atoms with van der Waals surface area (Å²) < 4.78 is 87.8. The van der Waals surface area contributed by atoms with Crippen molar-refractivity contribution in [3.05, 3.63) is 138 Å². The quantitative estimate of drug-likeness (QED) is 0.0905. The molecule has 0 N–H and O–H groups in total. The number of para-hydroxylation sites is 2. The molecule has 6 heterocycles. The monoisotopic (exact) mass is 1070 g/mol. The van der Waals surface area contributed by atoms with Crippen LogP contribution in [-0.4, -0.2) is 122 Å². The van der Waals surface area contributed by atoms with Crippen LogP contribution in [0.25, 0.3) is 34.2 Å². The summed E-state index contributed by atoms with van der Waals surface area (Å²) in [5.74, 6) is 2.55. The summed E-state index contributed by atoms with van der Waals surface area (Å²) in [6, 6.07) is 14.4. The maximum atomic E-state index is 13.9. The summed E-state index contributed by atoms with van der Waals surface area (Å²) in [5, 5.41) is 11.6. The van der Waals surface area contributed by atoms with E-state index in [1.807, 2.05) is 39.8 Å². The van der Waals surface area contributed by atoms with Gasteiger partial charge >= 0.3 is 0 Å². The van der Waals surface area contributed by atoms with Gasteiger partial charge in [-0.05, 0) is 100 Å². The third-order valence-electron chi connectivity index (χ3n) is 12.7. The smallest absolute Gasteiger partial charge is 0.259 e. The van der Waals surface area contributed by atoms with E-state index in [2.05, 4.69) is 49.6 Å². The number of methoxy groups -OCH3 is 4. The van der Waals surface area contributed by atoms with Crippen LogP contribution in [0.15, 0.2) is 103 Å². The van der Waals surface area contributed by atoms with Crippen molar-refractivity contribution in [2.24, 2.45) is 11.4 Å². The number of sulfonamides is 2. The molecule has 0 saturated heterocycles. The molecule has 8 aromatic rings. The molecule has 0 aliphatic heterocycles. The molecule has 8 rings (SSSR count). The Bertz CT molecular complexity index is 3600. The third-order valence-corrected chi connectivity index (χ3v) is 16.8. The van der Waals surface area contributed by atoms with Gasteiger partial charge in [0.05, 0.1) is 38.9 Å². The fourth-order valence-corrected chi connectivity index (χ4v) is 10.8. The van der Waals surface area contributed by atoms with E-state index in [1.165, 1.54) is 40.2 Å². The molecule has 0 fully saturated rings. The zero-order valence-corrected chi connectivity index (χ0v) is 46.5. The highest BCUT2D eigenvalue weighted by molar-refractivity contribution is 7.93. The predicted octanol–water partition coefficient (Wildman–Crippen LogP) is 6.83. The Hall–Kier alpha value is -8.12. The largest absolute Gasteiger partial charge is 0.494 e. The van der Waals surface area contributed by atoms with Crippen LogP contribution in [0.5, 0.6) is 23.0 Å². The molecule has 6 aromatic heterocycles. The zero-order valence-electron chi connectivity index (χ0n) is 44.9. The highest BCUT2D eigenvalue weighted by Crippen LogP contribution is 2.40. The lowest BCUT2D eigenvalue weighted by Gasteiger charge is -2.27. The molecule has 0 unspecified atom stereocenters. The first-order valence-electron chi connectivity index (χ1n) is 23.9. The Labute approximate surface area is 442 Å². The standard InChI is InChI=1S/2C26H31N7O4S/c1-16-11-20(15-27-12-16)25-30-32(5)26(33(25)23-21(36-6)9-8-10-22(23)37-7)31-38(34,35)19(4)18(3)24-28-13-17(2)14-29-24;1-16-11-20(15-27-12-16)25-30-31-26(33(25)23-21(36-6)9-8-10-22(23)37-7)32(5)38(34,35)19(4)18(3)24-28-13-17(2)14-29-24/h2*8-15,18-19H,1-7H3/t2*18-,19-/m00/s1. The van der Waals surface area contributed by atoms with Crippen molar-refractivity contribution in [2.45, 2.75) is 77.7 Å². The van der Waals surface area contributed by atoms with Gasteiger partial charge in [0.2, 0.25) is 21.6 Å². The van der Waals surface area contributed by atoms with E-state index in [1.54, 1.807) is 130 Å². The minimum absolute atomic E-state index is 0.0631. The predicted molar refractivity (Wildman–Crippen MR) is 287 cm³/mol. The molecular formula is C52H62N14O8S2. The number of nitrogens with zero attached hydrogens (tertiary/aromatic N) is 14. The van der Waals surface area contributed by atoms with Crippen molar-refractivity contribution in [3.8, 4) is 57.1 Å². The maximum absolute atomic E-state index is 13.9. The summed E-state index contributed by atoms with van der Waals surface area (Å²) in [5.41, 5.74) is 5.90. The van der Waals surface area contributed by atoms with E-state index >= 15 is 0 Å². The molecule has 0 saturated carbocycles. The summed E-state index contributed by atoms with van der Waals surface area (Å²) in [6.45, 7) is 14.4. The van der Waals surface area contributed by atoms with E-state index in [0.717, 1.165) is 26.6 Å². The lowest BCUT2D eigenvalue weighted by atomic mass is 10.1. The minimum atomic E-state index is -4.07. The molecule has 0 spiro atoms. The second-order valence-corrected chi connectivity index (χ2v) is 22.4. The molecule has 0 bridgehead atoms. The number of pyridine rings is 2. The van der Waals surface area contributed by atoms with E-state index in [9.17, 15) is 16.8 Å². The topological polar surface area (TPSA) is 252 Å². The average molecular weight is 1080 g/mol. The lowest BCUT2D eigenvalue weighted by molar-refractivity contribution is 0.390. The molecule has 24 heteroatoms. The molecular weight excluding hydrogens is 1010 g/mol. The van der Waals surface area contributed by atoms with Crippen LogP contribution in [0.3, 0.4) is 0 Å². The van der Waals surface area contributed by atoms with Crippen LogP contribution in [-0.2, 0) is 27.1 Å². The molecule has 0 aliphatic rings. The van der Waals surface area contributed by atoms with Crippen molar-refractivity contribution in [3.63, 3.8) is 0 Å². The normalized spacial score (nSPS) is 13.5. The molecule has 400 valence electrons. The van der Waals surface area contributed by atoms with Gasteiger partial charge in [-0.1, -0.05) is 26.0 Å². The number of hydrogen-bond acceptors (Lipinski definition) is 17. The van der Waals surface area contributed by atoms with Crippen molar-refractivity contribution in [1.82, 2.24) is 59.0 Å². The van der Waals surface area contributed by atoms with Crippen LogP contribution in [0, 0.1) is 27.7 Å². The molecule has 0 radical (unpaired) electrons. The Kier molecular flexibility index (Phi) is 17.0. The van der Waals surface area contributed by atoms with Crippen LogP contribution >= 0.6 is 0 Å². The van der Waals surface area contributed by atoms with Crippen molar-refractivity contribution >= 4 is 26.0 Å². The first-order valence-corrected chi connectivity index (χ1v) is 26.9. The summed E-state index contributed by atoms with van der Waals surface area (Å²) in [7, 11) is 1.17. The number of hydrogen-bond donors (Lipinski definition) is 0. The van der Waals surface area contributed by atoms with E-state index in [-0.39, 0.29) is 11.6 Å². The van der Waals surface area contributed by atoms with Gasteiger partial charge in [0.15, 0.2) is 11.6 Å². The SMILES string of the molecule is COc1cccc(OC)c1-n1c(-c2cncc(C)c2)nn(C)c1=NS(=O)(=O)[C@@H](C)[C@H](C)c1ncc(C)cn1.COc1cccc(OC)c1-n1c(-c2cncc(C)c2)nnc1N(C)S(=O)(=O)[C@@H](C)[C@H](C)c1ncc(C)cn1. The van der Waals surface area contributed by atoms with Crippen molar-refractivity contribution in [2.75, 3.05) is 39.8 Å². The molecule has 0 amide bonds. The Morgan fingerprint density at radius 2 is 0.974 bits per heavy atom. The second kappa shape index (κ2) is 23.2. The van der Waals surface area contributed by atoms with Crippen molar-refractivity contribution in [1.29, 1.82) is 0 Å². The Balaban J connectivity index is 0.000000221. The van der Waals surface area contributed by atoms with Gasteiger partial charge in [-0.25, -0.2) is 45.8 Å². The first kappa shape index (κ1) is 55.6. The van der Waals surface area contributed by atoms with Crippen LogP contribution < -0.4 is 28.9 Å². The van der Waals surface area contributed by atoms with Gasteiger partial charge < -0.3 is 18.9 Å². The second-order valence-electron chi connectivity index (χ2n) is 18.1. The Morgan fingerprint density at radius 1 is 0.553 bits per heavy atom. The number of aromatic nitrogens is 12. The fourth-order valence-electron chi connectivity index (χ4n) is 8.07. The van der Waals surface area contributed by atoms with Crippen molar-refractivity contribution < 1.29 is 35.8 Å². The molecule has 22 nitrogen and oxygen atoms in total. The van der Waals surface area contributed by atoms with Gasteiger partial charge in [0.1, 0.15) is 46.0 Å². The van der Waals surface area contributed by atoms with Gasteiger partial charge in [-0.2, -0.15) is 5.10 Å². The lowest BCUT2D eigenvalue weighted by Crippen LogP contribution is -2.39. The van der Waals surface area contributed by atoms with Crippen LogP contribution in [0.1, 0.15) is 73.4 Å². The maximum Gasteiger partial charge on any atom is 0.259 e. The number of benzene rings is 2. The number of rotatable bonds is 17. The van der Waals surface area contributed by atoms with Gasteiger partial charge in [0.25, 0.3) is 10.0 Å². The minimum Gasteiger partial charge on any atom is -0.494 e. The fraction of sp³-hybridized carbons (Fsp3) is 0.346. The Morgan fingerprint density at radius 3 is 1.41 bits per heavy atom. The molecule has 76 heavy (non-hydrogen) atoms. The van der Waals surface area contributed by atoms with E-state index < -0.39 is 42.4 Å². The number of anilines is 1. The molecule has 2 aromatic carbocycles.